The molecule has 0 saturated carbocycles. The zero-order chi connectivity index (χ0) is 92.2. The van der Waals surface area contributed by atoms with Crippen LogP contribution in [0.2, 0.25) is 0 Å². The van der Waals surface area contributed by atoms with Gasteiger partial charge in [0.1, 0.15) is 84.6 Å². The van der Waals surface area contributed by atoms with E-state index in [1.165, 1.54) is 20.0 Å². The number of benzene rings is 4. The molecule has 5 aromatic rings. The second-order valence-corrected chi connectivity index (χ2v) is 31.5. The van der Waals surface area contributed by atoms with E-state index in [1.807, 2.05) is 0 Å². The Morgan fingerprint density at radius 1 is 0.379 bits per heavy atom. The van der Waals surface area contributed by atoms with Crippen molar-refractivity contribution in [1.82, 2.24) is 79.4 Å². The number of aromatic amines is 1. The number of amides is 15. The highest BCUT2D eigenvalue weighted by Gasteiger charge is 2.41. The number of nitrogens with one attached hydrogen (secondary N) is 15. The van der Waals surface area contributed by atoms with Crippen LogP contribution >= 0.6 is 25.3 Å². The van der Waals surface area contributed by atoms with Crippen molar-refractivity contribution >= 4 is 131 Å². The molecule has 18 atom stereocenters. The molecule has 5 rings (SSSR count). The largest absolute Gasteiger partial charge is 0.480 e. The van der Waals surface area contributed by atoms with E-state index in [-0.39, 0.29) is 37.4 Å². The van der Waals surface area contributed by atoms with Crippen LogP contribution in [-0.4, -0.2) is 264 Å². The summed E-state index contributed by atoms with van der Waals surface area (Å²) in [5, 5.41) is 97.7. The van der Waals surface area contributed by atoms with Gasteiger partial charge >= 0.3 is 5.97 Å². The van der Waals surface area contributed by atoms with Crippen molar-refractivity contribution in [2.24, 2.45) is 29.2 Å². The van der Waals surface area contributed by atoms with Crippen LogP contribution in [0.25, 0.3) is 10.9 Å². The molecular formula is C83H117N17O22S2. The van der Waals surface area contributed by atoms with Crippen LogP contribution < -0.4 is 85.9 Å². The first-order chi connectivity index (χ1) is 58.8. The lowest BCUT2D eigenvalue weighted by molar-refractivity contribution is -0.144. The molecule has 0 saturated heterocycles. The lowest BCUT2D eigenvalue weighted by atomic mass is 9.97. The van der Waals surface area contributed by atoms with Crippen molar-refractivity contribution < 1.29 is 107 Å². The molecule has 678 valence electrons. The molecule has 25 N–H and O–H groups in total. The Morgan fingerprint density at radius 2 is 0.702 bits per heavy atom. The van der Waals surface area contributed by atoms with Crippen LogP contribution in [0.3, 0.4) is 0 Å². The number of carbonyl (C=O) groups excluding carboxylic acids is 15. The quantitative estimate of drug-likeness (QED) is 0.0163. The topological polar surface area (TPSA) is 631 Å². The van der Waals surface area contributed by atoms with Gasteiger partial charge in [0.25, 0.3) is 0 Å². The fourth-order valence-electron chi connectivity index (χ4n) is 12.8. The summed E-state index contributed by atoms with van der Waals surface area (Å²) >= 11 is 8.58. The summed E-state index contributed by atoms with van der Waals surface area (Å²) in [6.45, 7) is 8.38. The van der Waals surface area contributed by atoms with E-state index in [9.17, 15) is 107 Å². The maximum Gasteiger partial charge on any atom is 0.326 e. The normalized spacial score (nSPS) is 15.7. The summed E-state index contributed by atoms with van der Waals surface area (Å²) < 4.78 is 0. The lowest BCUT2D eigenvalue weighted by Crippen LogP contribution is -2.63. The third-order valence-electron chi connectivity index (χ3n) is 20.1. The Kier molecular flexibility index (Phi) is 42.7. The van der Waals surface area contributed by atoms with Crippen molar-refractivity contribution in [2.45, 2.75) is 210 Å². The Bertz CT molecular complexity index is 4440. The van der Waals surface area contributed by atoms with Crippen LogP contribution in [0.1, 0.15) is 103 Å². The smallest absolute Gasteiger partial charge is 0.326 e. The molecule has 124 heavy (non-hydrogen) atoms. The number of carboxylic acid groups (broad SMARTS) is 1. The number of fused-ring (bicyclic) bond motifs is 1. The predicted octanol–water partition coefficient (Wildman–Crippen LogP) is -4.75. The van der Waals surface area contributed by atoms with Crippen molar-refractivity contribution in [2.75, 3.05) is 31.3 Å². The van der Waals surface area contributed by atoms with Gasteiger partial charge in [0, 0.05) is 54.3 Å². The highest BCUT2D eigenvalue weighted by atomic mass is 32.1. The number of para-hydroxylation sites is 1. The van der Waals surface area contributed by atoms with Gasteiger partial charge in [-0.05, 0) is 79.2 Å². The van der Waals surface area contributed by atoms with E-state index in [4.69, 9.17) is 11.5 Å². The maximum absolute atomic E-state index is 14.6. The minimum absolute atomic E-state index is 0.0203. The average molecular weight is 1770 g/mol. The summed E-state index contributed by atoms with van der Waals surface area (Å²) in [6, 6.07) is 8.09. The summed E-state index contributed by atoms with van der Waals surface area (Å²) in [7, 11) is 0. The van der Waals surface area contributed by atoms with Crippen molar-refractivity contribution in [1.29, 1.82) is 0 Å². The number of aliphatic hydroxyl groups is 5. The van der Waals surface area contributed by atoms with Gasteiger partial charge in [-0.1, -0.05) is 157 Å². The van der Waals surface area contributed by atoms with Gasteiger partial charge in [-0.2, -0.15) is 25.3 Å². The van der Waals surface area contributed by atoms with Gasteiger partial charge in [0.05, 0.1) is 38.1 Å². The van der Waals surface area contributed by atoms with Crippen LogP contribution in [0.5, 0.6) is 0 Å². The molecule has 39 nitrogen and oxygen atoms in total. The molecule has 1 aromatic heterocycles. The molecule has 0 aliphatic carbocycles. The van der Waals surface area contributed by atoms with E-state index in [2.05, 4.69) is 105 Å². The summed E-state index contributed by atoms with van der Waals surface area (Å²) in [6.07, 6.45) is -3.45. The van der Waals surface area contributed by atoms with Gasteiger partial charge in [-0.3, -0.25) is 71.9 Å². The summed E-state index contributed by atoms with van der Waals surface area (Å²) in [4.78, 5) is 225. The van der Waals surface area contributed by atoms with Gasteiger partial charge in [-0.25, -0.2) is 4.79 Å². The number of hydrogen-bond acceptors (Lipinski definition) is 24. The molecule has 0 unspecified atom stereocenters. The Labute approximate surface area is 727 Å². The Hall–Kier alpha value is -11.6. The van der Waals surface area contributed by atoms with Gasteiger partial charge in [0.2, 0.25) is 88.6 Å². The zero-order valence-corrected chi connectivity index (χ0v) is 71.8. The molecule has 15 amide bonds. The summed E-state index contributed by atoms with van der Waals surface area (Å²) in [5.74, 6) is -19.9. The number of rotatable bonds is 52. The van der Waals surface area contributed by atoms with E-state index in [0.29, 0.717) is 34.0 Å². The molecule has 4 aromatic carbocycles. The minimum Gasteiger partial charge on any atom is -0.480 e. The van der Waals surface area contributed by atoms with Crippen LogP contribution in [-0.2, 0) is 102 Å². The van der Waals surface area contributed by atoms with Crippen molar-refractivity contribution in [3.8, 4) is 0 Å². The number of primary amides is 1. The van der Waals surface area contributed by atoms with E-state index >= 15 is 0 Å². The van der Waals surface area contributed by atoms with E-state index in [1.54, 1.807) is 143 Å². The van der Waals surface area contributed by atoms with Gasteiger partial charge in [0.15, 0.2) is 0 Å². The van der Waals surface area contributed by atoms with Gasteiger partial charge in [-0.15, -0.1) is 0 Å². The lowest BCUT2D eigenvalue weighted by Gasteiger charge is -2.29. The SMILES string of the molecule is CC[C@H](C)[C@H](NC(=O)[C@H](CC(C)C)NC(=O)[C@H](CO)NC(=O)[C@H](CO)NC(=O)[C@H](Cc1c[nH]c2ccccc12)NC(=O)[C@H](CCC(N)=O)NC(=O)[C@@H](NC(=O)[C@H](CO)NC(=O)[C@@H](NC(=O)[C@H](CS)NC(=O)[C@@H](NC(=O)[C@H](Cc1ccccc1)NC(=O)[C@H](CS)NC(=O)[C@H](Cc1ccccc1)NC(=O)[C@@H](N)Cc1ccccc1)[C@@H](C)O)C(C)C)[C@@H](C)O)C(=O)O. The fraction of sp³-hybridized carbons (Fsp3) is 0.494. The molecule has 0 radical (unpaired) electrons. The number of thiol groups is 2. The molecule has 0 aliphatic rings. The molecule has 0 fully saturated rings. The van der Waals surface area contributed by atoms with Crippen molar-refractivity contribution in [3.05, 3.63) is 144 Å². The number of hydrogen-bond donors (Lipinski definition) is 25. The van der Waals surface area contributed by atoms with E-state index < -0.39 is 254 Å². The van der Waals surface area contributed by atoms with Crippen LogP contribution in [0, 0.1) is 17.8 Å². The molecule has 1 heterocycles. The zero-order valence-electron chi connectivity index (χ0n) is 70.1. The Morgan fingerprint density at radius 3 is 1.13 bits per heavy atom. The minimum atomic E-state index is -2.06. The number of carboxylic acids is 1. The predicted molar refractivity (Wildman–Crippen MR) is 460 cm³/mol. The number of aromatic nitrogens is 1. The van der Waals surface area contributed by atoms with Crippen LogP contribution in [0.15, 0.2) is 121 Å². The highest BCUT2D eigenvalue weighted by molar-refractivity contribution is 7.80. The first-order valence-corrected chi connectivity index (χ1v) is 41.6. The first kappa shape index (κ1) is 103. The number of carbonyl (C=O) groups is 16. The monoisotopic (exact) mass is 1770 g/mol. The number of nitrogens with two attached hydrogens (primary N) is 2. The van der Waals surface area contributed by atoms with E-state index in [0.717, 1.165) is 19.4 Å². The van der Waals surface area contributed by atoms with Gasteiger partial charge < -0.3 is 122 Å². The molecule has 41 heteroatoms. The third kappa shape index (κ3) is 32.6. The number of aliphatic hydroxyl groups excluding tert-OH is 5. The first-order valence-electron chi connectivity index (χ1n) is 40.4. The number of H-pyrrole nitrogens is 1. The standard InChI is InChI=1S/C83H117N17O22S2/c1-9-44(6)66(83(121)122)98-73(111)55(31-42(2)3)89-75(113)59(37-101)93-76(114)60(38-102)92-72(110)58(35-50-36-86-53-28-20-19-27-51(50)53)91-70(108)54(29-30-64(85)106)87-81(119)67(45(7)104)100-77(115)61(39-103)94-80(118)65(43(4)5)97-79(117)63(41-124)96-82(120)68(46(8)105)99-74(112)57(34-49-25-17-12-18-26-49)90-78(116)62(40-123)95-71(109)56(33-48-23-15-11-16-24-48)88-69(107)52(84)32-47-21-13-10-14-22-47/h10-28,36,42-46,52,54-63,65-68,86,101-105,123-124H,9,29-35,37-41,84H2,1-8H3,(H2,85,106)(H,87,119)(H,88,107)(H,89,113)(H,90,116)(H,91,108)(H,92,110)(H,93,114)(H,94,118)(H,95,109)(H,96,120)(H,97,117)(H,98,111)(H,99,112)(H,100,115)(H,121,122)/t44-,45+,46+,52-,54-,55-,56-,57-,58-,59-,60-,61-,62-,63-,65-,66-,67-,68-/m0/s1. The maximum atomic E-state index is 14.6. The Balaban J connectivity index is 1.28. The third-order valence-corrected chi connectivity index (χ3v) is 20.8. The summed E-state index contributed by atoms with van der Waals surface area (Å²) in [5.41, 5.74) is 14.7. The molecule has 0 bridgehead atoms. The van der Waals surface area contributed by atoms with Crippen LogP contribution in [0.4, 0.5) is 0 Å². The fourth-order valence-corrected chi connectivity index (χ4v) is 13.3. The molecular weight excluding hydrogens is 1650 g/mol. The van der Waals surface area contributed by atoms with Crippen molar-refractivity contribution in [3.63, 3.8) is 0 Å². The molecule has 0 spiro atoms. The number of aliphatic carboxylic acids is 1. The second-order valence-electron chi connectivity index (χ2n) is 30.8. The molecule has 0 aliphatic heterocycles. The highest BCUT2D eigenvalue weighted by Crippen LogP contribution is 2.21. The second kappa shape index (κ2) is 51.5. The average Bonchev–Trinajstić information content (AvgIpc) is 1.65.